The lowest BCUT2D eigenvalue weighted by atomic mass is 9.91. The fourth-order valence-electron chi connectivity index (χ4n) is 2.60. The molecule has 0 bridgehead atoms. The molecule has 2 N–H and O–H groups in total. The van der Waals surface area contributed by atoms with Crippen molar-refractivity contribution >= 4 is 28.8 Å². The maximum absolute atomic E-state index is 12.5. The molecular formula is C14H21ClN2OS. The van der Waals surface area contributed by atoms with E-state index in [4.69, 9.17) is 17.3 Å². The van der Waals surface area contributed by atoms with Crippen LogP contribution in [0, 0.1) is 5.92 Å². The summed E-state index contributed by atoms with van der Waals surface area (Å²) in [4.78, 5) is 15.5. The lowest BCUT2D eigenvalue weighted by molar-refractivity contribution is -0.134. The molecule has 0 radical (unpaired) electrons. The molecule has 5 heteroatoms. The van der Waals surface area contributed by atoms with Crippen LogP contribution >= 0.6 is 22.9 Å². The number of carbonyl (C=O) groups excluding carboxylic acids is 1. The summed E-state index contributed by atoms with van der Waals surface area (Å²) in [6, 6.07) is 3.96. The zero-order valence-electron chi connectivity index (χ0n) is 11.4. The first-order valence-corrected chi connectivity index (χ1v) is 7.98. The van der Waals surface area contributed by atoms with E-state index in [1.165, 1.54) is 11.3 Å². The van der Waals surface area contributed by atoms with E-state index in [1.807, 2.05) is 30.9 Å². The molecule has 1 aliphatic rings. The molecule has 1 saturated heterocycles. The third-order valence-electron chi connectivity index (χ3n) is 3.90. The van der Waals surface area contributed by atoms with Crippen molar-refractivity contribution in [3.63, 3.8) is 0 Å². The molecule has 1 fully saturated rings. The smallest absolute Gasteiger partial charge is 0.230 e. The summed E-state index contributed by atoms with van der Waals surface area (Å²) in [7, 11) is 0. The molecule has 3 nitrogen and oxygen atoms in total. The SMILES string of the molecule is CC(C(=O)N1CCCC(C(C)N)C1)c1ccc(Cl)s1. The van der Waals surface area contributed by atoms with Gasteiger partial charge in [0.15, 0.2) is 0 Å². The number of nitrogens with zero attached hydrogens (tertiary/aromatic N) is 1. The van der Waals surface area contributed by atoms with E-state index in [9.17, 15) is 4.79 Å². The largest absolute Gasteiger partial charge is 0.342 e. The summed E-state index contributed by atoms with van der Waals surface area (Å²) in [6.07, 6.45) is 2.18. The summed E-state index contributed by atoms with van der Waals surface area (Å²) in [5.41, 5.74) is 5.97. The van der Waals surface area contributed by atoms with E-state index in [1.54, 1.807) is 0 Å². The minimum Gasteiger partial charge on any atom is -0.342 e. The van der Waals surface area contributed by atoms with E-state index in [-0.39, 0.29) is 17.9 Å². The van der Waals surface area contributed by atoms with Crippen molar-refractivity contribution in [1.29, 1.82) is 0 Å². The van der Waals surface area contributed by atoms with Crippen LogP contribution in [-0.2, 0) is 4.79 Å². The maximum Gasteiger partial charge on any atom is 0.230 e. The predicted octanol–water partition coefficient (Wildman–Crippen LogP) is 3.09. The number of piperidine rings is 1. The van der Waals surface area contributed by atoms with Gasteiger partial charge < -0.3 is 10.6 Å². The average Bonchev–Trinajstić information content (AvgIpc) is 2.84. The molecule has 1 aliphatic heterocycles. The molecule has 0 aromatic carbocycles. The summed E-state index contributed by atoms with van der Waals surface area (Å²) < 4.78 is 0.738. The van der Waals surface area contributed by atoms with E-state index in [2.05, 4.69) is 0 Å². The Labute approximate surface area is 123 Å². The normalized spacial score (nSPS) is 23.2. The highest BCUT2D eigenvalue weighted by Gasteiger charge is 2.29. The zero-order valence-corrected chi connectivity index (χ0v) is 13.0. The molecule has 0 saturated carbocycles. The minimum absolute atomic E-state index is 0.107. The van der Waals surface area contributed by atoms with Crippen LogP contribution in [0.1, 0.15) is 37.5 Å². The Morgan fingerprint density at radius 3 is 2.84 bits per heavy atom. The van der Waals surface area contributed by atoms with Gasteiger partial charge in [-0.05, 0) is 44.7 Å². The van der Waals surface area contributed by atoms with Crippen molar-refractivity contribution in [2.75, 3.05) is 13.1 Å². The predicted molar refractivity (Wildman–Crippen MR) is 80.7 cm³/mol. The van der Waals surface area contributed by atoms with Crippen LogP contribution in [0.5, 0.6) is 0 Å². The van der Waals surface area contributed by atoms with Crippen molar-refractivity contribution in [3.8, 4) is 0 Å². The topological polar surface area (TPSA) is 46.3 Å². The molecule has 19 heavy (non-hydrogen) atoms. The highest BCUT2D eigenvalue weighted by molar-refractivity contribution is 7.16. The van der Waals surface area contributed by atoms with E-state index < -0.39 is 0 Å². The first kappa shape index (κ1) is 14.8. The van der Waals surface area contributed by atoms with Crippen molar-refractivity contribution in [3.05, 3.63) is 21.3 Å². The molecule has 1 aromatic heterocycles. The molecule has 3 atom stereocenters. The van der Waals surface area contributed by atoms with Gasteiger partial charge in [0.25, 0.3) is 0 Å². The fourth-order valence-corrected chi connectivity index (χ4v) is 3.70. The van der Waals surface area contributed by atoms with Crippen molar-refractivity contribution in [2.24, 2.45) is 11.7 Å². The molecule has 0 spiro atoms. The summed E-state index contributed by atoms with van der Waals surface area (Å²) in [6.45, 7) is 5.63. The fraction of sp³-hybridized carbons (Fsp3) is 0.643. The standard InChI is InChI=1S/C14H21ClN2OS/c1-9(12-5-6-13(15)19-12)14(18)17-7-3-4-11(8-17)10(2)16/h5-6,9-11H,3-4,7-8,16H2,1-2H3. The number of rotatable bonds is 3. The van der Waals surface area contributed by atoms with Crippen molar-refractivity contribution < 1.29 is 4.79 Å². The molecule has 0 aliphatic carbocycles. The lowest BCUT2D eigenvalue weighted by Gasteiger charge is -2.35. The Kier molecular flexibility index (Phi) is 4.87. The quantitative estimate of drug-likeness (QED) is 0.932. The first-order chi connectivity index (χ1) is 8.99. The van der Waals surface area contributed by atoms with Crippen LogP contribution in [0.4, 0.5) is 0 Å². The van der Waals surface area contributed by atoms with E-state index >= 15 is 0 Å². The number of halogens is 1. The molecule has 2 heterocycles. The van der Waals surface area contributed by atoms with E-state index in [0.717, 1.165) is 35.1 Å². The van der Waals surface area contributed by atoms with Crippen LogP contribution in [0.3, 0.4) is 0 Å². The highest BCUT2D eigenvalue weighted by atomic mass is 35.5. The number of hydrogen-bond acceptors (Lipinski definition) is 3. The number of hydrogen-bond donors (Lipinski definition) is 1. The minimum atomic E-state index is -0.107. The number of nitrogens with two attached hydrogens (primary N) is 1. The molecule has 1 aromatic rings. The zero-order chi connectivity index (χ0) is 14.0. The second-order valence-corrected chi connectivity index (χ2v) is 7.16. The van der Waals surface area contributed by atoms with Crippen LogP contribution in [0.25, 0.3) is 0 Å². The Balaban J connectivity index is 2.02. The van der Waals surface area contributed by atoms with Gasteiger partial charge in [0.2, 0.25) is 5.91 Å². The Bertz CT molecular complexity index is 446. The van der Waals surface area contributed by atoms with Gasteiger partial charge in [0.05, 0.1) is 10.3 Å². The number of amides is 1. The van der Waals surface area contributed by atoms with Gasteiger partial charge in [-0.3, -0.25) is 4.79 Å². The molecule has 106 valence electrons. The molecule has 2 rings (SSSR count). The van der Waals surface area contributed by atoms with Gasteiger partial charge in [-0.2, -0.15) is 0 Å². The van der Waals surface area contributed by atoms with Crippen LogP contribution in [0.2, 0.25) is 4.34 Å². The Morgan fingerprint density at radius 2 is 2.26 bits per heavy atom. The average molecular weight is 301 g/mol. The number of likely N-dealkylation sites (tertiary alicyclic amines) is 1. The summed E-state index contributed by atoms with van der Waals surface area (Å²) in [5.74, 6) is 0.519. The summed E-state index contributed by atoms with van der Waals surface area (Å²) >= 11 is 7.43. The van der Waals surface area contributed by atoms with Gasteiger partial charge in [-0.25, -0.2) is 0 Å². The van der Waals surface area contributed by atoms with Crippen LogP contribution in [-0.4, -0.2) is 29.9 Å². The second-order valence-electron chi connectivity index (χ2n) is 5.41. The summed E-state index contributed by atoms with van der Waals surface area (Å²) in [5, 5.41) is 0. The Hall–Kier alpha value is -0.580. The number of carbonyl (C=O) groups is 1. The molecular weight excluding hydrogens is 280 g/mol. The van der Waals surface area contributed by atoms with Gasteiger partial charge in [-0.1, -0.05) is 11.6 Å². The van der Waals surface area contributed by atoms with Gasteiger partial charge in [0.1, 0.15) is 0 Å². The number of thiophene rings is 1. The second kappa shape index (κ2) is 6.25. The van der Waals surface area contributed by atoms with E-state index in [0.29, 0.717) is 5.92 Å². The molecule has 1 amide bonds. The first-order valence-electron chi connectivity index (χ1n) is 6.78. The third kappa shape index (κ3) is 3.50. The van der Waals surface area contributed by atoms with Crippen LogP contribution in [0.15, 0.2) is 12.1 Å². The lowest BCUT2D eigenvalue weighted by Crippen LogP contribution is -2.46. The Morgan fingerprint density at radius 1 is 1.53 bits per heavy atom. The van der Waals surface area contributed by atoms with Crippen molar-refractivity contribution in [2.45, 2.75) is 38.6 Å². The van der Waals surface area contributed by atoms with Gasteiger partial charge >= 0.3 is 0 Å². The maximum atomic E-state index is 12.5. The van der Waals surface area contributed by atoms with Gasteiger partial charge in [0, 0.05) is 24.0 Å². The highest BCUT2D eigenvalue weighted by Crippen LogP contribution is 2.30. The van der Waals surface area contributed by atoms with Crippen molar-refractivity contribution in [1.82, 2.24) is 4.90 Å². The van der Waals surface area contributed by atoms with Gasteiger partial charge in [-0.15, -0.1) is 11.3 Å². The van der Waals surface area contributed by atoms with Crippen LogP contribution < -0.4 is 5.73 Å². The monoisotopic (exact) mass is 300 g/mol. The molecule has 3 unspecified atom stereocenters. The third-order valence-corrected chi connectivity index (χ3v) is 5.32.